The Bertz CT molecular complexity index is 327. The van der Waals surface area contributed by atoms with Crippen LogP contribution in [0.1, 0.15) is 17.7 Å². The predicted octanol–water partition coefficient (Wildman–Crippen LogP) is 2.61. The van der Waals surface area contributed by atoms with E-state index in [1.807, 2.05) is 12.3 Å². The van der Waals surface area contributed by atoms with E-state index < -0.39 is 0 Å². The zero-order chi connectivity index (χ0) is 10.7. The van der Waals surface area contributed by atoms with Crippen molar-refractivity contribution in [3.63, 3.8) is 0 Å². The Hall–Kier alpha value is -0.410. The fourth-order valence-electron chi connectivity index (χ4n) is 2.08. The van der Waals surface area contributed by atoms with Crippen LogP contribution in [0.4, 0.5) is 0 Å². The van der Waals surface area contributed by atoms with Crippen LogP contribution < -0.4 is 0 Å². The molecule has 0 aromatic carbocycles. The van der Waals surface area contributed by atoms with Gasteiger partial charge in [-0.3, -0.25) is 9.88 Å². The molecule has 1 aliphatic rings. The van der Waals surface area contributed by atoms with Crippen LogP contribution in [-0.2, 0) is 6.54 Å². The van der Waals surface area contributed by atoms with E-state index in [1.54, 1.807) is 0 Å². The molecule has 1 saturated heterocycles. The van der Waals surface area contributed by atoms with Crippen molar-refractivity contribution >= 4 is 15.9 Å². The standard InChI is InChI=1S/C12H17BrN2/c1-10-3-2-5-14-12(10)9-15-6-4-11(7-13)8-15/h2-3,5,11H,4,6-9H2,1H3. The Morgan fingerprint density at radius 1 is 1.60 bits per heavy atom. The summed E-state index contributed by atoms with van der Waals surface area (Å²) in [5.41, 5.74) is 2.53. The maximum absolute atomic E-state index is 4.44. The van der Waals surface area contributed by atoms with Gasteiger partial charge in [0.25, 0.3) is 0 Å². The van der Waals surface area contributed by atoms with Gasteiger partial charge >= 0.3 is 0 Å². The van der Waals surface area contributed by atoms with Crippen molar-refractivity contribution in [3.05, 3.63) is 29.6 Å². The van der Waals surface area contributed by atoms with Crippen LogP contribution in [0.2, 0.25) is 0 Å². The minimum Gasteiger partial charge on any atom is -0.297 e. The van der Waals surface area contributed by atoms with Crippen molar-refractivity contribution in [1.29, 1.82) is 0 Å². The molecular weight excluding hydrogens is 252 g/mol. The Labute approximate surface area is 99.8 Å². The van der Waals surface area contributed by atoms with Gasteiger partial charge in [-0.2, -0.15) is 0 Å². The first-order valence-electron chi connectivity index (χ1n) is 5.48. The number of hydrogen-bond donors (Lipinski definition) is 0. The third-order valence-corrected chi connectivity index (χ3v) is 4.00. The average Bonchev–Trinajstić information content (AvgIpc) is 2.69. The summed E-state index contributed by atoms with van der Waals surface area (Å²) in [6, 6.07) is 4.14. The van der Waals surface area contributed by atoms with Crippen molar-refractivity contribution in [1.82, 2.24) is 9.88 Å². The normalized spacial score (nSPS) is 22.1. The van der Waals surface area contributed by atoms with Gasteiger partial charge in [-0.15, -0.1) is 0 Å². The molecule has 0 amide bonds. The van der Waals surface area contributed by atoms with Crippen LogP contribution in [0, 0.1) is 12.8 Å². The van der Waals surface area contributed by atoms with E-state index in [2.05, 4.69) is 38.8 Å². The summed E-state index contributed by atoms with van der Waals surface area (Å²) < 4.78 is 0. The van der Waals surface area contributed by atoms with Gasteiger partial charge in [0.2, 0.25) is 0 Å². The highest BCUT2D eigenvalue weighted by Gasteiger charge is 2.21. The van der Waals surface area contributed by atoms with Crippen molar-refractivity contribution < 1.29 is 0 Å². The van der Waals surface area contributed by atoms with E-state index in [9.17, 15) is 0 Å². The largest absolute Gasteiger partial charge is 0.297 e. The Morgan fingerprint density at radius 2 is 2.47 bits per heavy atom. The maximum Gasteiger partial charge on any atom is 0.0573 e. The molecule has 82 valence electrons. The molecule has 1 fully saturated rings. The van der Waals surface area contributed by atoms with Gasteiger partial charge < -0.3 is 0 Å². The monoisotopic (exact) mass is 268 g/mol. The molecule has 1 unspecified atom stereocenters. The molecule has 0 aliphatic carbocycles. The van der Waals surface area contributed by atoms with Gasteiger partial charge in [0, 0.05) is 24.6 Å². The summed E-state index contributed by atoms with van der Waals surface area (Å²) in [4.78, 5) is 6.94. The van der Waals surface area contributed by atoms with Crippen molar-refractivity contribution in [3.8, 4) is 0 Å². The molecule has 2 nitrogen and oxygen atoms in total. The number of pyridine rings is 1. The number of aromatic nitrogens is 1. The lowest BCUT2D eigenvalue weighted by atomic mass is 10.2. The second-order valence-corrected chi connectivity index (χ2v) is 4.96. The Balaban J connectivity index is 1.96. The lowest BCUT2D eigenvalue weighted by Gasteiger charge is -2.15. The molecule has 1 aromatic rings. The van der Waals surface area contributed by atoms with E-state index in [1.165, 1.54) is 30.8 Å². The van der Waals surface area contributed by atoms with Crippen LogP contribution in [-0.4, -0.2) is 28.3 Å². The topological polar surface area (TPSA) is 16.1 Å². The molecule has 1 aliphatic heterocycles. The number of hydrogen-bond acceptors (Lipinski definition) is 2. The average molecular weight is 269 g/mol. The molecule has 2 rings (SSSR count). The van der Waals surface area contributed by atoms with Crippen LogP contribution in [0.25, 0.3) is 0 Å². The van der Waals surface area contributed by atoms with Crippen molar-refractivity contribution in [2.75, 3.05) is 18.4 Å². The molecule has 0 saturated carbocycles. The number of halogens is 1. The molecule has 15 heavy (non-hydrogen) atoms. The number of likely N-dealkylation sites (tertiary alicyclic amines) is 1. The lowest BCUT2D eigenvalue weighted by Crippen LogP contribution is -2.21. The molecule has 0 spiro atoms. The quantitative estimate of drug-likeness (QED) is 0.784. The first-order valence-corrected chi connectivity index (χ1v) is 6.60. The summed E-state index contributed by atoms with van der Waals surface area (Å²) in [7, 11) is 0. The van der Waals surface area contributed by atoms with Gasteiger partial charge in [-0.05, 0) is 37.4 Å². The first kappa shape index (κ1) is 11.1. The van der Waals surface area contributed by atoms with Gasteiger partial charge in [-0.25, -0.2) is 0 Å². The highest BCUT2D eigenvalue weighted by molar-refractivity contribution is 9.09. The van der Waals surface area contributed by atoms with Gasteiger partial charge in [-0.1, -0.05) is 22.0 Å². The van der Waals surface area contributed by atoms with E-state index >= 15 is 0 Å². The van der Waals surface area contributed by atoms with Gasteiger partial charge in [0.1, 0.15) is 0 Å². The smallest absolute Gasteiger partial charge is 0.0573 e. The van der Waals surface area contributed by atoms with Crippen LogP contribution in [0.3, 0.4) is 0 Å². The number of rotatable bonds is 3. The molecule has 0 bridgehead atoms. The third-order valence-electron chi connectivity index (χ3n) is 3.08. The van der Waals surface area contributed by atoms with Crippen molar-refractivity contribution in [2.45, 2.75) is 19.9 Å². The Morgan fingerprint density at radius 3 is 3.13 bits per heavy atom. The van der Waals surface area contributed by atoms with E-state index in [4.69, 9.17) is 0 Å². The van der Waals surface area contributed by atoms with Crippen LogP contribution >= 0.6 is 15.9 Å². The SMILES string of the molecule is Cc1cccnc1CN1CCC(CBr)C1. The highest BCUT2D eigenvalue weighted by Crippen LogP contribution is 2.20. The fraction of sp³-hybridized carbons (Fsp3) is 0.583. The second-order valence-electron chi connectivity index (χ2n) is 4.31. The molecule has 0 N–H and O–H groups in total. The highest BCUT2D eigenvalue weighted by atomic mass is 79.9. The minimum atomic E-state index is 0.828. The zero-order valence-corrected chi connectivity index (χ0v) is 10.7. The first-order chi connectivity index (χ1) is 7.29. The molecule has 0 radical (unpaired) electrons. The maximum atomic E-state index is 4.44. The van der Waals surface area contributed by atoms with E-state index in [0.717, 1.165) is 17.8 Å². The molecular formula is C12H17BrN2. The van der Waals surface area contributed by atoms with E-state index in [-0.39, 0.29) is 0 Å². The minimum absolute atomic E-state index is 0.828. The zero-order valence-electron chi connectivity index (χ0n) is 9.12. The molecule has 3 heteroatoms. The second kappa shape index (κ2) is 5.08. The Kier molecular flexibility index (Phi) is 3.76. The van der Waals surface area contributed by atoms with Crippen LogP contribution in [0.5, 0.6) is 0 Å². The molecule has 1 aromatic heterocycles. The molecule has 1 atom stereocenters. The summed E-state index contributed by atoms with van der Waals surface area (Å²) in [6.45, 7) is 5.57. The summed E-state index contributed by atoms with van der Waals surface area (Å²) in [5, 5.41) is 1.13. The lowest BCUT2D eigenvalue weighted by molar-refractivity contribution is 0.316. The number of nitrogens with zero attached hydrogens (tertiary/aromatic N) is 2. The predicted molar refractivity (Wildman–Crippen MR) is 66.2 cm³/mol. The summed E-state index contributed by atoms with van der Waals surface area (Å²) in [5.74, 6) is 0.828. The van der Waals surface area contributed by atoms with E-state index in [0.29, 0.717) is 0 Å². The van der Waals surface area contributed by atoms with Gasteiger partial charge in [0.15, 0.2) is 0 Å². The molecule has 2 heterocycles. The summed E-state index contributed by atoms with van der Waals surface area (Å²) >= 11 is 3.56. The fourth-order valence-corrected chi connectivity index (χ4v) is 2.61. The number of aryl methyl sites for hydroxylation is 1. The van der Waals surface area contributed by atoms with Gasteiger partial charge in [0.05, 0.1) is 5.69 Å². The summed E-state index contributed by atoms with van der Waals surface area (Å²) in [6.07, 6.45) is 3.21. The number of alkyl halides is 1. The van der Waals surface area contributed by atoms with Crippen LogP contribution in [0.15, 0.2) is 18.3 Å². The van der Waals surface area contributed by atoms with Crippen molar-refractivity contribution in [2.24, 2.45) is 5.92 Å². The third kappa shape index (κ3) is 2.79.